The molecule has 0 saturated carbocycles. The van der Waals surface area contributed by atoms with Crippen molar-refractivity contribution in [3.63, 3.8) is 0 Å². The van der Waals surface area contributed by atoms with Crippen LogP contribution in [0.1, 0.15) is 37.6 Å². The van der Waals surface area contributed by atoms with E-state index in [2.05, 4.69) is 25.7 Å². The van der Waals surface area contributed by atoms with Gasteiger partial charge in [0.25, 0.3) is 0 Å². The SMILES string of the molecule is CC(C)(C)CC(=O)c1ccc(N2CCOCC2)cc1. The average Bonchev–Trinajstić information content (AvgIpc) is 2.38. The summed E-state index contributed by atoms with van der Waals surface area (Å²) in [5.74, 6) is 0.223. The van der Waals surface area contributed by atoms with Crippen molar-refractivity contribution in [3.05, 3.63) is 29.8 Å². The molecule has 1 aromatic carbocycles. The van der Waals surface area contributed by atoms with Gasteiger partial charge in [-0.3, -0.25) is 4.79 Å². The minimum absolute atomic E-state index is 0.0416. The molecule has 2 rings (SSSR count). The minimum atomic E-state index is 0.0416. The molecular formula is C16H23NO2. The first-order valence-corrected chi connectivity index (χ1v) is 6.92. The zero-order valence-electron chi connectivity index (χ0n) is 12.1. The quantitative estimate of drug-likeness (QED) is 0.783. The van der Waals surface area contributed by atoms with Gasteiger partial charge in [-0.15, -0.1) is 0 Å². The number of carbonyl (C=O) groups is 1. The molecule has 19 heavy (non-hydrogen) atoms. The Morgan fingerprint density at radius 3 is 2.26 bits per heavy atom. The highest BCUT2D eigenvalue weighted by molar-refractivity contribution is 5.96. The highest BCUT2D eigenvalue weighted by Crippen LogP contribution is 2.23. The Bertz CT molecular complexity index is 425. The molecule has 1 aliphatic heterocycles. The molecule has 0 aromatic heterocycles. The number of morpholine rings is 1. The van der Waals surface area contributed by atoms with Crippen molar-refractivity contribution in [1.29, 1.82) is 0 Å². The van der Waals surface area contributed by atoms with Crippen LogP contribution in [0.4, 0.5) is 5.69 Å². The van der Waals surface area contributed by atoms with E-state index in [0.29, 0.717) is 6.42 Å². The van der Waals surface area contributed by atoms with Crippen LogP contribution in [0.3, 0.4) is 0 Å². The van der Waals surface area contributed by atoms with Crippen molar-refractivity contribution in [3.8, 4) is 0 Å². The van der Waals surface area contributed by atoms with E-state index in [1.165, 1.54) is 5.69 Å². The third kappa shape index (κ3) is 4.06. The van der Waals surface area contributed by atoms with Gasteiger partial charge in [0.1, 0.15) is 0 Å². The summed E-state index contributed by atoms with van der Waals surface area (Å²) in [4.78, 5) is 14.4. The van der Waals surface area contributed by atoms with Gasteiger partial charge in [-0.2, -0.15) is 0 Å². The first kappa shape index (κ1) is 14.1. The highest BCUT2D eigenvalue weighted by atomic mass is 16.5. The summed E-state index contributed by atoms with van der Waals surface area (Å²) in [6.45, 7) is 9.69. The summed E-state index contributed by atoms with van der Waals surface area (Å²) in [5, 5.41) is 0. The predicted molar refractivity (Wildman–Crippen MR) is 77.9 cm³/mol. The maximum absolute atomic E-state index is 12.1. The second-order valence-corrected chi connectivity index (χ2v) is 6.31. The summed E-state index contributed by atoms with van der Waals surface area (Å²) >= 11 is 0. The lowest BCUT2D eigenvalue weighted by Crippen LogP contribution is -2.36. The minimum Gasteiger partial charge on any atom is -0.378 e. The first-order valence-electron chi connectivity index (χ1n) is 6.92. The molecule has 0 amide bonds. The number of benzene rings is 1. The number of ketones is 1. The molecule has 1 aliphatic rings. The van der Waals surface area contributed by atoms with Gasteiger partial charge in [0.05, 0.1) is 13.2 Å². The van der Waals surface area contributed by atoms with Crippen molar-refractivity contribution in [2.45, 2.75) is 27.2 Å². The molecule has 0 N–H and O–H groups in total. The zero-order chi connectivity index (χ0) is 13.9. The number of rotatable bonds is 3. The lowest BCUT2D eigenvalue weighted by atomic mass is 9.88. The summed E-state index contributed by atoms with van der Waals surface area (Å²) in [5.41, 5.74) is 2.03. The molecule has 0 aliphatic carbocycles. The molecule has 1 heterocycles. The van der Waals surface area contributed by atoms with Gasteiger partial charge in [-0.05, 0) is 29.7 Å². The lowest BCUT2D eigenvalue weighted by molar-refractivity contribution is 0.0940. The molecule has 0 spiro atoms. The highest BCUT2D eigenvalue weighted by Gasteiger charge is 2.18. The van der Waals surface area contributed by atoms with Gasteiger partial charge in [0.2, 0.25) is 0 Å². The number of anilines is 1. The summed E-state index contributed by atoms with van der Waals surface area (Å²) in [7, 11) is 0. The first-order chi connectivity index (χ1) is 8.96. The van der Waals surface area contributed by atoms with Crippen molar-refractivity contribution < 1.29 is 9.53 Å². The summed E-state index contributed by atoms with van der Waals surface area (Å²) in [6, 6.07) is 7.97. The zero-order valence-corrected chi connectivity index (χ0v) is 12.1. The van der Waals surface area contributed by atoms with Crippen LogP contribution in [0.5, 0.6) is 0 Å². The van der Waals surface area contributed by atoms with Crippen LogP contribution < -0.4 is 4.90 Å². The molecule has 0 unspecified atom stereocenters. The number of hydrogen-bond donors (Lipinski definition) is 0. The fourth-order valence-electron chi connectivity index (χ4n) is 2.26. The number of Topliss-reactive ketones (excluding diaryl/α,β-unsaturated/α-hetero) is 1. The fraction of sp³-hybridized carbons (Fsp3) is 0.562. The van der Waals surface area contributed by atoms with Gasteiger partial charge in [0, 0.05) is 30.8 Å². The van der Waals surface area contributed by atoms with E-state index in [0.717, 1.165) is 31.9 Å². The van der Waals surface area contributed by atoms with Crippen LogP contribution >= 0.6 is 0 Å². The number of hydrogen-bond acceptors (Lipinski definition) is 3. The largest absolute Gasteiger partial charge is 0.378 e. The molecule has 3 nitrogen and oxygen atoms in total. The number of carbonyl (C=O) groups excluding carboxylic acids is 1. The van der Waals surface area contributed by atoms with Crippen LogP contribution in [0.15, 0.2) is 24.3 Å². The maximum Gasteiger partial charge on any atom is 0.163 e. The second kappa shape index (κ2) is 5.74. The average molecular weight is 261 g/mol. The third-order valence-electron chi connectivity index (χ3n) is 3.26. The molecule has 0 atom stereocenters. The molecule has 1 aromatic rings. The van der Waals surface area contributed by atoms with E-state index in [9.17, 15) is 4.79 Å². The summed E-state index contributed by atoms with van der Waals surface area (Å²) in [6.07, 6.45) is 0.587. The Balaban J connectivity index is 2.03. The maximum atomic E-state index is 12.1. The standard InChI is InChI=1S/C16H23NO2/c1-16(2,3)12-15(18)13-4-6-14(7-5-13)17-8-10-19-11-9-17/h4-7H,8-12H2,1-3H3. The van der Waals surface area contributed by atoms with Crippen molar-refractivity contribution in [1.82, 2.24) is 0 Å². The topological polar surface area (TPSA) is 29.5 Å². The predicted octanol–water partition coefficient (Wildman–Crippen LogP) is 3.14. The molecule has 0 radical (unpaired) electrons. The van der Waals surface area contributed by atoms with Gasteiger partial charge in [0.15, 0.2) is 5.78 Å². The van der Waals surface area contributed by atoms with Crippen LogP contribution in [0.25, 0.3) is 0 Å². The van der Waals surface area contributed by atoms with Crippen molar-refractivity contribution in [2.24, 2.45) is 5.41 Å². The van der Waals surface area contributed by atoms with Gasteiger partial charge in [-0.1, -0.05) is 20.8 Å². The monoisotopic (exact) mass is 261 g/mol. The fourth-order valence-corrected chi connectivity index (χ4v) is 2.26. The molecule has 0 bridgehead atoms. The Hall–Kier alpha value is -1.35. The second-order valence-electron chi connectivity index (χ2n) is 6.31. The van der Waals surface area contributed by atoms with Gasteiger partial charge in [-0.25, -0.2) is 0 Å². The molecule has 104 valence electrons. The van der Waals surface area contributed by atoms with E-state index in [1.54, 1.807) is 0 Å². The third-order valence-corrected chi connectivity index (χ3v) is 3.26. The number of nitrogens with zero attached hydrogens (tertiary/aromatic N) is 1. The van der Waals surface area contributed by atoms with E-state index in [1.807, 2.05) is 24.3 Å². The smallest absolute Gasteiger partial charge is 0.163 e. The van der Waals surface area contributed by atoms with E-state index in [-0.39, 0.29) is 11.2 Å². The van der Waals surface area contributed by atoms with Crippen LogP contribution in [-0.2, 0) is 4.74 Å². The normalized spacial score (nSPS) is 16.5. The van der Waals surface area contributed by atoms with Gasteiger partial charge < -0.3 is 9.64 Å². The Labute approximate surface area is 115 Å². The van der Waals surface area contributed by atoms with Crippen LogP contribution in [0, 0.1) is 5.41 Å². The molecule has 3 heteroatoms. The molecular weight excluding hydrogens is 238 g/mol. The van der Waals surface area contributed by atoms with Crippen molar-refractivity contribution >= 4 is 11.5 Å². The lowest BCUT2D eigenvalue weighted by Gasteiger charge is -2.29. The van der Waals surface area contributed by atoms with Gasteiger partial charge >= 0.3 is 0 Å². The Kier molecular flexibility index (Phi) is 4.25. The van der Waals surface area contributed by atoms with Crippen molar-refractivity contribution in [2.75, 3.05) is 31.2 Å². The van der Waals surface area contributed by atoms with E-state index < -0.39 is 0 Å². The molecule has 1 saturated heterocycles. The molecule has 1 fully saturated rings. The van der Waals surface area contributed by atoms with E-state index >= 15 is 0 Å². The Morgan fingerprint density at radius 2 is 1.74 bits per heavy atom. The Morgan fingerprint density at radius 1 is 1.16 bits per heavy atom. The summed E-state index contributed by atoms with van der Waals surface area (Å²) < 4.78 is 5.34. The van der Waals surface area contributed by atoms with E-state index in [4.69, 9.17) is 4.74 Å². The number of ether oxygens (including phenoxy) is 1. The van der Waals surface area contributed by atoms with Crippen LogP contribution in [-0.4, -0.2) is 32.1 Å². The van der Waals surface area contributed by atoms with Crippen LogP contribution in [0.2, 0.25) is 0 Å².